The number of nitro groups is 1. The molecule has 87 valence electrons. The summed E-state index contributed by atoms with van der Waals surface area (Å²) in [5, 5.41) is 19.4. The third kappa shape index (κ3) is 3.28. The lowest BCUT2D eigenvalue weighted by molar-refractivity contribution is -0.384. The number of hydrogen-bond donors (Lipinski definition) is 1. The van der Waals surface area contributed by atoms with Crippen molar-refractivity contribution in [2.75, 3.05) is 0 Å². The van der Waals surface area contributed by atoms with Crippen molar-refractivity contribution >= 4 is 11.6 Å². The Morgan fingerprint density at radius 3 is 2.71 bits per heavy atom. The topological polar surface area (TPSA) is 110 Å². The normalized spacial score (nSPS) is 11.5. The monoisotopic (exact) mass is 232 g/mol. The van der Waals surface area contributed by atoms with Crippen molar-refractivity contribution < 1.29 is 9.72 Å². The molecule has 1 rings (SSSR count). The molecule has 1 aromatic carbocycles. The number of non-ortho nitro benzene ring substituents is 1. The SMILES string of the molecule is [CH2]C(CC(N)=O)c1cc(C#N)cc([N+](=O)[O-])c1. The Morgan fingerprint density at radius 2 is 2.24 bits per heavy atom. The molecule has 1 unspecified atom stereocenters. The van der Waals surface area contributed by atoms with E-state index in [9.17, 15) is 14.9 Å². The second kappa shape index (κ2) is 5.07. The summed E-state index contributed by atoms with van der Waals surface area (Å²) < 4.78 is 0. The van der Waals surface area contributed by atoms with Crippen LogP contribution in [0, 0.1) is 28.4 Å². The molecule has 0 aromatic heterocycles. The Balaban J connectivity index is 3.15. The average molecular weight is 232 g/mol. The minimum absolute atomic E-state index is 0.0218. The third-order valence-corrected chi connectivity index (χ3v) is 2.20. The van der Waals surface area contributed by atoms with E-state index in [2.05, 4.69) is 6.92 Å². The van der Waals surface area contributed by atoms with E-state index in [-0.39, 0.29) is 17.7 Å². The van der Waals surface area contributed by atoms with E-state index in [1.807, 2.05) is 6.07 Å². The third-order valence-electron chi connectivity index (χ3n) is 2.20. The number of hydrogen-bond acceptors (Lipinski definition) is 4. The molecule has 0 bridgehead atoms. The van der Waals surface area contributed by atoms with Crippen molar-refractivity contribution in [1.82, 2.24) is 0 Å². The molecule has 0 saturated heterocycles. The number of nitro benzene ring substituents is 1. The summed E-state index contributed by atoms with van der Waals surface area (Å²) in [5.41, 5.74) is 5.44. The maximum atomic E-state index is 10.7. The lowest BCUT2D eigenvalue weighted by atomic mass is 9.95. The first kappa shape index (κ1) is 12.6. The van der Waals surface area contributed by atoms with Crippen molar-refractivity contribution in [2.45, 2.75) is 12.3 Å². The van der Waals surface area contributed by atoms with Gasteiger partial charge >= 0.3 is 0 Å². The maximum Gasteiger partial charge on any atom is 0.271 e. The van der Waals surface area contributed by atoms with Gasteiger partial charge in [0, 0.05) is 18.6 Å². The Labute approximate surface area is 97.8 Å². The number of carbonyl (C=O) groups is 1. The van der Waals surface area contributed by atoms with Crippen LogP contribution in [0.1, 0.15) is 23.5 Å². The van der Waals surface area contributed by atoms with Crippen LogP contribution >= 0.6 is 0 Å². The first-order chi connectivity index (χ1) is 7.93. The van der Waals surface area contributed by atoms with Gasteiger partial charge in [-0.25, -0.2) is 0 Å². The van der Waals surface area contributed by atoms with Gasteiger partial charge in [-0.15, -0.1) is 0 Å². The van der Waals surface area contributed by atoms with Crippen molar-refractivity contribution in [1.29, 1.82) is 5.26 Å². The molecular weight excluding hydrogens is 222 g/mol. The molecule has 0 aliphatic rings. The van der Waals surface area contributed by atoms with Gasteiger partial charge in [0.25, 0.3) is 5.69 Å². The number of amides is 1. The summed E-state index contributed by atoms with van der Waals surface area (Å²) in [4.78, 5) is 20.8. The number of rotatable bonds is 4. The number of nitrogens with two attached hydrogens (primary N) is 1. The Bertz CT molecular complexity index is 505. The highest BCUT2D eigenvalue weighted by Crippen LogP contribution is 2.24. The largest absolute Gasteiger partial charge is 0.370 e. The first-order valence-corrected chi connectivity index (χ1v) is 4.75. The molecular formula is C11H10N3O3. The van der Waals surface area contributed by atoms with Crippen LogP contribution < -0.4 is 5.73 Å². The Kier molecular flexibility index (Phi) is 3.78. The summed E-state index contributed by atoms with van der Waals surface area (Å²) in [5.74, 6) is -1.05. The fourth-order valence-electron chi connectivity index (χ4n) is 1.40. The number of primary amides is 1. The number of nitriles is 1. The second-order valence-electron chi connectivity index (χ2n) is 3.55. The second-order valence-corrected chi connectivity index (χ2v) is 3.55. The fourth-order valence-corrected chi connectivity index (χ4v) is 1.40. The van der Waals surface area contributed by atoms with Gasteiger partial charge in [-0.3, -0.25) is 14.9 Å². The smallest absolute Gasteiger partial charge is 0.271 e. The van der Waals surface area contributed by atoms with Crippen LogP contribution in [0.15, 0.2) is 18.2 Å². The zero-order chi connectivity index (χ0) is 13.0. The zero-order valence-electron chi connectivity index (χ0n) is 8.92. The van der Waals surface area contributed by atoms with Crippen LogP contribution in [0.4, 0.5) is 5.69 Å². The minimum Gasteiger partial charge on any atom is -0.370 e. The van der Waals surface area contributed by atoms with Gasteiger partial charge in [-0.2, -0.15) is 5.26 Å². The molecule has 2 N–H and O–H groups in total. The highest BCUT2D eigenvalue weighted by molar-refractivity contribution is 5.75. The van der Waals surface area contributed by atoms with Gasteiger partial charge in [0.05, 0.1) is 16.6 Å². The van der Waals surface area contributed by atoms with Crippen molar-refractivity contribution in [2.24, 2.45) is 5.73 Å². The molecule has 6 heteroatoms. The molecule has 0 aliphatic carbocycles. The fraction of sp³-hybridized carbons (Fsp3) is 0.182. The lowest BCUT2D eigenvalue weighted by Gasteiger charge is -2.09. The van der Waals surface area contributed by atoms with Crippen LogP contribution in [-0.2, 0) is 4.79 Å². The standard InChI is InChI=1S/C11H10N3O3/c1-7(2-11(13)15)9-3-8(6-12)4-10(5-9)14(16)17/h3-5,7H,1-2H2,(H2,13,15). The van der Waals surface area contributed by atoms with Gasteiger partial charge in [0.15, 0.2) is 0 Å². The van der Waals surface area contributed by atoms with Crippen molar-refractivity contribution in [3.8, 4) is 6.07 Å². The quantitative estimate of drug-likeness (QED) is 0.622. The van der Waals surface area contributed by atoms with E-state index >= 15 is 0 Å². The molecule has 0 fully saturated rings. The van der Waals surface area contributed by atoms with Gasteiger partial charge in [0.2, 0.25) is 5.91 Å². The summed E-state index contributed by atoms with van der Waals surface area (Å²) in [6.45, 7) is 3.69. The molecule has 0 aliphatic heterocycles. The van der Waals surface area contributed by atoms with Gasteiger partial charge in [-0.05, 0) is 24.5 Å². The number of carbonyl (C=O) groups excluding carboxylic acids is 1. The predicted molar refractivity (Wildman–Crippen MR) is 59.7 cm³/mol. The number of nitrogens with zero attached hydrogens (tertiary/aromatic N) is 2. The molecule has 6 nitrogen and oxygen atoms in total. The first-order valence-electron chi connectivity index (χ1n) is 4.75. The van der Waals surface area contributed by atoms with E-state index in [1.54, 1.807) is 0 Å². The molecule has 0 saturated carbocycles. The molecule has 1 radical (unpaired) electrons. The highest BCUT2D eigenvalue weighted by Gasteiger charge is 2.15. The average Bonchev–Trinajstić information content (AvgIpc) is 2.27. The van der Waals surface area contributed by atoms with Gasteiger partial charge in [-0.1, -0.05) is 0 Å². The van der Waals surface area contributed by atoms with Crippen LogP contribution in [0.25, 0.3) is 0 Å². The molecule has 0 heterocycles. The highest BCUT2D eigenvalue weighted by atomic mass is 16.6. The van der Waals surface area contributed by atoms with Crippen molar-refractivity contribution in [3.63, 3.8) is 0 Å². The molecule has 1 aromatic rings. The van der Waals surface area contributed by atoms with E-state index < -0.39 is 16.7 Å². The molecule has 0 spiro atoms. The van der Waals surface area contributed by atoms with E-state index in [1.165, 1.54) is 18.2 Å². The zero-order valence-corrected chi connectivity index (χ0v) is 8.92. The Morgan fingerprint density at radius 1 is 1.59 bits per heavy atom. The lowest BCUT2D eigenvalue weighted by Crippen LogP contribution is -2.14. The van der Waals surface area contributed by atoms with E-state index in [4.69, 9.17) is 11.0 Å². The molecule has 1 atom stereocenters. The summed E-state index contributed by atoms with van der Waals surface area (Å²) in [6.07, 6.45) is -0.0218. The van der Waals surface area contributed by atoms with Crippen molar-refractivity contribution in [3.05, 3.63) is 46.4 Å². The van der Waals surface area contributed by atoms with Crippen LogP contribution in [0.5, 0.6) is 0 Å². The van der Waals surface area contributed by atoms with E-state index in [0.29, 0.717) is 5.56 Å². The van der Waals surface area contributed by atoms with Gasteiger partial charge in [0.1, 0.15) is 0 Å². The summed E-state index contributed by atoms with van der Waals surface area (Å²) >= 11 is 0. The van der Waals surface area contributed by atoms with E-state index in [0.717, 1.165) is 0 Å². The predicted octanol–water partition coefficient (Wildman–Crippen LogP) is 1.26. The van der Waals surface area contributed by atoms with Crippen LogP contribution in [0.2, 0.25) is 0 Å². The summed E-state index contributed by atoms with van der Waals surface area (Å²) in [7, 11) is 0. The summed E-state index contributed by atoms with van der Waals surface area (Å²) in [6, 6.07) is 5.75. The molecule has 1 amide bonds. The van der Waals surface area contributed by atoms with Crippen LogP contribution in [0.3, 0.4) is 0 Å². The maximum absolute atomic E-state index is 10.7. The van der Waals surface area contributed by atoms with Crippen LogP contribution in [-0.4, -0.2) is 10.8 Å². The Hall–Kier alpha value is -2.42. The minimum atomic E-state index is -0.596. The molecule has 17 heavy (non-hydrogen) atoms. The number of benzene rings is 1. The van der Waals surface area contributed by atoms with Gasteiger partial charge < -0.3 is 5.73 Å².